The Kier molecular flexibility index (Phi) is 4.56. The van der Waals surface area contributed by atoms with Crippen molar-refractivity contribution >= 4 is 11.6 Å². The summed E-state index contributed by atoms with van der Waals surface area (Å²) in [5.41, 5.74) is 0.0613. The van der Waals surface area contributed by atoms with Crippen molar-refractivity contribution in [2.75, 3.05) is 18.0 Å². The summed E-state index contributed by atoms with van der Waals surface area (Å²) in [4.78, 5) is 19.9. The second-order valence-corrected chi connectivity index (χ2v) is 8.21. The predicted octanol–water partition coefficient (Wildman–Crippen LogP) is 4.02. The molecule has 148 valence electrons. The second kappa shape index (κ2) is 6.79. The quantitative estimate of drug-likeness (QED) is 0.779. The number of likely N-dealkylation sites (tertiary alicyclic amines) is 1. The number of benzene rings is 1. The van der Waals surface area contributed by atoms with Gasteiger partial charge in [0.25, 0.3) is 5.91 Å². The Morgan fingerprint density at radius 2 is 1.89 bits per heavy atom. The predicted molar refractivity (Wildman–Crippen MR) is 99.5 cm³/mol. The van der Waals surface area contributed by atoms with Crippen molar-refractivity contribution in [2.45, 2.75) is 38.3 Å². The molecule has 7 heteroatoms. The molecule has 1 aromatic heterocycles. The molecule has 28 heavy (non-hydrogen) atoms. The Bertz CT molecular complexity index is 897. The minimum atomic E-state index is -0.944. The number of hydrogen-bond acceptors (Lipinski definition) is 3. The third-order valence-electron chi connectivity index (χ3n) is 5.88. The fraction of sp³-hybridized carbons (Fsp3) is 0.429. The van der Waals surface area contributed by atoms with Gasteiger partial charge in [0, 0.05) is 30.4 Å². The first-order chi connectivity index (χ1) is 13.3. The van der Waals surface area contributed by atoms with Crippen molar-refractivity contribution in [3.63, 3.8) is 0 Å². The number of carbonyl (C=O) groups excluding carboxylic acids is 1. The molecule has 0 unspecified atom stereocenters. The average molecular weight is 389 g/mol. The number of carbonyl (C=O) groups is 1. The summed E-state index contributed by atoms with van der Waals surface area (Å²) in [5.74, 6) is -2.67. The fourth-order valence-corrected chi connectivity index (χ4v) is 4.87. The van der Waals surface area contributed by atoms with Crippen LogP contribution in [0.15, 0.2) is 36.7 Å². The number of fused-ring (bicyclic) bond motifs is 1. The highest BCUT2D eigenvalue weighted by Gasteiger charge is 2.49. The van der Waals surface area contributed by atoms with Gasteiger partial charge in [-0.3, -0.25) is 9.78 Å². The molecule has 2 fully saturated rings. The highest BCUT2D eigenvalue weighted by molar-refractivity contribution is 5.94. The van der Waals surface area contributed by atoms with Gasteiger partial charge in [0.05, 0.1) is 12.4 Å². The minimum Gasteiger partial charge on any atom is -0.363 e. The molecule has 4 nitrogen and oxygen atoms in total. The molecule has 2 aromatic rings. The number of hydrogen-bond donors (Lipinski definition) is 0. The van der Waals surface area contributed by atoms with E-state index in [2.05, 4.69) is 23.7 Å². The van der Waals surface area contributed by atoms with Gasteiger partial charge in [0.2, 0.25) is 0 Å². The number of anilines is 1. The molecule has 1 aromatic carbocycles. The summed E-state index contributed by atoms with van der Waals surface area (Å²) < 4.78 is 41.7. The lowest BCUT2D eigenvalue weighted by Crippen LogP contribution is -2.50. The van der Waals surface area contributed by atoms with E-state index in [0.29, 0.717) is 19.5 Å². The average Bonchev–Trinajstić information content (AvgIpc) is 2.90. The van der Waals surface area contributed by atoms with Gasteiger partial charge in [-0.1, -0.05) is 6.07 Å². The van der Waals surface area contributed by atoms with Gasteiger partial charge in [-0.05, 0) is 50.8 Å². The van der Waals surface area contributed by atoms with E-state index in [1.54, 1.807) is 6.07 Å². The zero-order valence-corrected chi connectivity index (χ0v) is 15.8. The number of aromatic nitrogens is 1. The minimum absolute atomic E-state index is 0.143. The number of amides is 1. The molecule has 0 bridgehead atoms. The molecule has 0 spiro atoms. The summed E-state index contributed by atoms with van der Waals surface area (Å²) in [5, 5.41) is 0. The summed E-state index contributed by atoms with van der Waals surface area (Å²) >= 11 is 0. The standard InChI is InChI=1S/C21H22F3N3O/c1-21(2)9-13-12-26(20(28)19-16(23)10-25-11-17(19)24)7-6-18(13)27(21)15-5-3-4-14(22)8-15/h3-5,8,10-11,13,18H,6-7,9,12H2,1-2H3/t13-,18+/m1/s1. The Morgan fingerprint density at radius 1 is 1.18 bits per heavy atom. The number of nitrogens with zero attached hydrogens (tertiary/aromatic N) is 3. The largest absolute Gasteiger partial charge is 0.363 e. The van der Waals surface area contributed by atoms with Crippen LogP contribution < -0.4 is 4.90 Å². The molecule has 3 heterocycles. The Balaban J connectivity index is 1.58. The van der Waals surface area contributed by atoms with Crippen molar-refractivity contribution in [2.24, 2.45) is 5.92 Å². The Hall–Kier alpha value is -2.57. The molecule has 2 aliphatic heterocycles. The van der Waals surface area contributed by atoms with E-state index in [9.17, 15) is 18.0 Å². The van der Waals surface area contributed by atoms with Crippen molar-refractivity contribution in [3.05, 3.63) is 59.7 Å². The Morgan fingerprint density at radius 3 is 2.57 bits per heavy atom. The van der Waals surface area contributed by atoms with Crippen LogP contribution in [0.3, 0.4) is 0 Å². The molecule has 0 radical (unpaired) electrons. The van der Waals surface area contributed by atoms with E-state index in [1.165, 1.54) is 17.0 Å². The lowest BCUT2D eigenvalue weighted by molar-refractivity contribution is 0.0657. The van der Waals surface area contributed by atoms with Crippen molar-refractivity contribution in [1.29, 1.82) is 0 Å². The van der Waals surface area contributed by atoms with Crippen LogP contribution in [0.2, 0.25) is 0 Å². The van der Waals surface area contributed by atoms with E-state index >= 15 is 0 Å². The van der Waals surface area contributed by atoms with Gasteiger partial charge in [-0.2, -0.15) is 0 Å². The molecule has 0 aliphatic carbocycles. The van der Waals surface area contributed by atoms with E-state index in [0.717, 1.165) is 24.5 Å². The normalized spacial score (nSPS) is 23.6. The lowest BCUT2D eigenvalue weighted by Gasteiger charge is -2.41. The first-order valence-corrected chi connectivity index (χ1v) is 9.41. The van der Waals surface area contributed by atoms with Gasteiger partial charge in [-0.25, -0.2) is 13.2 Å². The molecule has 0 N–H and O–H groups in total. The molecule has 2 aliphatic rings. The summed E-state index contributed by atoms with van der Waals surface area (Å²) in [6, 6.07) is 6.69. The van der Waals surface area contributed by atoms with Crippen LogP contribution >= 0.6 is 0 Å². The lowest BCUT2D eigenvalue weighted by atomic mass is 9.89. The summed E-state index contributed by atoms with van der Waals surface area (Å²) in [6.45, 7) is 5.01. The highest BCUT2D eigenvalue weighted by atomic mass is 19.1. The first-order valence-electron chi connectivity index (χ1n) is 9.41. The molecule has 0 saturated carbocycles. The topological polar surface area (TPSA) is 36.4 Å². The monoisotopic (exact) mass is 389 g/mol. The van der Waals surface area contributed by atoms with Gasteiger partial charge < -0.3 is 9.80 Å². The molecule has 2 saturated heterocycles. The fourth-order valence-electron chi connectivity index (χ4n) is 4.87. The van der Waals surface area contributed by atoms with Crippen LogP contribution in [0.5, 0.6) is 0 Å². The smallest absolute Gasteiger partial charge is 0.259 e. The van der Waals surface area contributed by atoms with Crippen LogP contribution in [0, 0.1) is 23.4 Å². The van der Waals surface area contributed by atoms with E-state index in [-0.39, 0.29) is 23.3 Å². The highest BCUT2D eigenvalue weighted by Crippen LogP contribution is 2.44. The van der Waals surface area contributed by atoms with Gasteiger partial charge in [0.1, 0.15) is 11.4 Å². The van der Waals surface area contributed by atoms with Crippen LogP contribution in [0.4, 0.5) is 18.9 Å². The molecule has 4 rings (SSSR count). The van der Waals surface area contributed by atoms with E-state index < -0.39 is 23.1 Å². The van der Waals surface area contributed by atoms with Crippen LogP contribution in [0.25, 0.3) is 0 Å². The first kappa shape index (κ1) is 18.8. The second-order valence-electron chi connectivity index (χ2n) is 8.21. The van der Waals surface area contributed by atoms with Crippen molar-refractivity contribution < 1.29 is 18.0 Å². The number of halogens is 3. The van der Waals surface area contributed by atoms with Gasteiger partial charge >= 0.3 is 0 Å². The van der Waals surface area contributed by atoms with E-state index in [1.807, 2.05) is 6.07 Å². The summed E-state index contributed by atoms with van der Waals surface area (Å²) in [7, 11) is 0. The van der Waals surface area contributed by atoms with Crippen LogP contribution in [0.1, 0.15) is 37.0 Å². The maximum atomic E-state index is 14.0. The van der Waals surface area contributed by atoms with Gasteiger partial charge in [0.15, 0.2) is 11.6 Å². The zero-order chi connectivity index (χ0) is 20.1. The molecular formula is C21H22F3N3O. The number of piperidine rings is 1. The third-order valence-corrected chi connectivity index (χ3v) is 5.88. The van der Waals surface area contributed by atoms with E-state index in [4.69, 9.17) is 0 Å². The maximum Gasteiger partial charge on any atom is 0.259 e. The SMILES string of the molecule is CC1(C)C[C@@H]2CN(C(=O)c3c(F)cncc3F)CC[C@@H]2N1c1cccc(F)c1. The molecule has 2 atom stereocenters. The third kappa shape index (κ3) is 3.12. The number of rotatable bonds is 2. The zero-order valence-electron chi connectivity index (χ0n) is 15.8. The van der Waals surface area contributed by atoms with Crippen molar-refractivity contribution in [1.82, 2.24) is 9.88 Å². The number of pyridine rings is 1. The van der Waals surface area contributed by atoms with Crippen molar-refractivity contribution in [3.8, 4) is 0 Å². The van der Waals surface area contributed by atoms with Gasteiger partial charge in [-0.15, -0.1) is 0 Å². The molecule has 1 amide bonds. The van der Waals surface area contributed by atoms with Crippen LogP contribution in [-0.2, 0) is 0 Å². The summed E-state index contributed by atoms with van der Waals surface area (Å²) in [6.07, 6.45) is 3.17. The molecular weight excluding hydrogens is 367 g/mol. The Labute approximate surface area is 162 Å². The maximum absolute atomic E-state index is 14.0. The van der Waals surface area contributed by atoms with Crippen LogP contribution in [-0.4, -0.2) is 40.5 Å².